The third kappa shape index (κ3) is 2.15. The second-order valence-electron chi connectivity index (χ2n) is 4.74. The largest absolute Gasteiger partial charge is 0.299 e. The molecule has 3 rings (SSSR count). The molecule has 0 spiro atoms. The maximum absolute atomic E-state index is 14.0. The Balaban J connectivity index is 2.10. The van der Waals surface area contributed by atoms with E-state index in [4.69, 9.17) is 11.6 Å². The van der Waals surface area contributed by atoms with Gasteiger partial charge in [0, 0.05) is 30.8 Å². The Kier molecular flexibility index (Phi) is 3.29. The minimum Gasteiger partial charge on any atom is -0.299 e. The molecule has 0 bridgehead atoms. The van der Waals surface area contributed by atoms with E-state index in [1.807, 2.05) is 0 Å². The Morgan fingerprint density at radius 3 is 3.05 bits per heavy atom. The summed E-state index contributed by atoms with van der Waals surface area (Å²) in [4.78, 5) is 2.32. The summed E-state index contributed by atoms with van der Waals surface area (Å²) in [7, 11) is 0. The highest BCUT2D eigenvalue weighted by Crippen LogP contribution is 2.34. The molecule has 1 N–H and O–H groups in total. The van der Waals surface area contributed by atoms with Gasteiger partial charge >= 0.3 is 0 Å². The van der Waals surface area contributed by atoms with Gasteiger partial charge in [-0.05, 0) is 18.7 Å². The van der Waals surface area contributed by atoms with Crippen LogP contribution in [0.25, 0.3) is 11.3 Å². The van der Waals surface area contributed by atoms with Gasteiger partial charge < -0.3 is 0 Å². The minimum absolute atomic E-state index is 0.324. The van der Waals surface area contributed by atoms with Gasteiger partial charge in [-0.2, -0.15) is 5.10 Å². The first-order valence-corrected chi connectivity index (χ1v) is 6.81. The zero-order valence-corrected chi connectivity index (χ0v) is 11.5. The van der Waals surface area contributed by atoms with Crippen molar-refractivity contribution in [2.45, 2.75) is 19.9 Å². The molecule has 0 saturated heterocycles. The molecule has 1 aromatic carbocycles. The molecule has 100 valence electrons. The van der Waals surface area contributed by atoms with Gasteiger partial charge in [-0.15, -0.1) is 0 Å². The average Bonchev–Trinajstić information content (AvgIpc) is 2.81. The van der Waals surface area contributed by atoms with Crippen LogP contribution in [0.4, 0.5) is 4.39 Å². The van der Waals surface area contributed by atoms with Gasteiger partial charge in [0.1, 0.15) is 11.5 Å². The molecule has 5 heteroatoms. The van der Waals surface area contributed by atoms with Gasteiger partial charge in [-0.1, -0.05) is 24.6 Å². The fraction of sp³-hybridized carbons (Fsp3) is 0.357. The molecule has 0 radical (unpaired) electrons. The molecule has 1 aliphatic heterocycles. The van der Waals surface area contributed by atoms with E-state index in [0.29, 0.717) is 16.3 Å². The molecule has 0 atom stereocenters. The van der Waals surface area contributed by atoms with Gasteiger partial charge in [-0.3, -0.25) is 10.00 Å². The van der Waals surface area contributed by atoms with Crippen LogP contribution in [0.15, 0.2) is 18.2 Å². The summed E-state index contributed by atoms with van der Waals surface area (Å²) in [5.41, 5.74) is 3.22. The van der Waals surface area contributed by atoms with Crippen molar-refractivity contribution < 1.29 is 4.39 Å². The monoisotopic (exact) mass is 279 g/mol. The van der Waals surface area contributed by atoms with Crippen molar-refractivity contribution in [2.24, 2.45) is 0 Å². The van der Waals surface area contributed by atoms with E-state index in [-0.39, 0.29) is 5.82 Å². The van der Waals surface area contributed by atoms with Gasteiger partial charge in [-0.25, -0.2) is 4.39 Å². The van der Waals surface area contributed by atoms with Crippen LogP contribution in [0, 0.1) is 5.82 Å². The minimum atomic E-state index is -0.324. The van der Waals surface area contributed by atoms with Crippen molar-refractivity contribution in [3.63, 3.8) is 0 Å². The molecule has 1 aromatic heterocycles. The maximum Gasteiger partial charge on any atom is 0.134 e. The number of halogens is 2. The highest BCUT2D eigenvalue weighted by Gasteiger charge is 2.24. The lowest BCUT2D eigenvalue weighted by Gasteiger charge is -2.25. The van der Waals surface area contributed by atoms with Crippen molar-refractivity contribution in [1.29, 1.82) is 0 Å². The van der Waals surface area contributed by atoms with E-state index in [1.165, 1.54) is 6.07 Å². The third-order valence-electron chi connectivity index (χ3n) is 3.66. The van der Waals surface area contributed by atoms with Crippen LogP contribution in [0.5, 0.6) is 0 Å². The normalized spacial score (nSPS) is 15.5. The smallest absolute Gasteiger partial charge is 0.134 e. The van der Waals surface area contributed by atoms with E-state index in [9.17, 15) is 4.39 Å². The highest BCUT2D eigenvalue weighted by atomic mass is 35.5. The third-order valence-corrected chi connectivity index (χ3v) is 3.97. The summed E-state index contributed by atoms with van der Waals surface area (Å²) >= 11 is 6.13. The number of H-pyrrole nitrogens is 1. The molecule has 0 aliphatic carbocycles. The molecule has 0 amide bonds. The van der Waals surface area contributed by atoms with Crippen LogP contribution in [0.1, 0.15) is 18.2 Å². The summed E-state index contributed by atoms with van der Waals surface area (Å²) in [5, 5.41) is 7.71. The van der Waals surface area contributed by atoms with E-state index in [0.717, 1.165) is 37.3 Å². The highest BCUT2D eigenvalue weighted by molar-refractivity contribution is 6.33. The van der Waals surface area contributed by atoms with E-state index in [2.05, 4.69) is 22.0 Å². The number of aromatic nitrogens is 2. The molecule has 0 unspecified atom stereocenters. The Morgan fingerprint density at radius 1 is 1.47 bits per heavy atom. The Bertz CT molecular complexity index is 588. The lowest BCUT2D eigenvalue weighted by atomic mass is 10.0. The average molecular weight is 280 g/mol. The number of nitrogens with one attached hydrogen (secondary N) is 1. The number of aromatic amines is 1. The maximum atomic E-state index is 14.0. The van der Waals surface area contributed by atoms with Gasteiger partial charge in [0.05, 0.1) is 10.6 Å². The van der Waals surface area contributed by atoms with Crippen LogP contribution in [-0.2, 0) is 13.0 Å². The van der Waals surface area contributed by atoms with E-state index >= 15 is 0 Å². The van der Waals surface area contributed by atoms with Crippen LogP contribution in [0.3, 0.4) is 0 Å². The zero-order chi connectivity index (χ0) is 13.4. The lowest BCUT2D eigenvalue weighted by molar-refractivity contribution is 0.267. The first kappa shape index (κ1) is 12.6. The summed E-state index contributed by atoms with van der Waals surface area (Å²) in [6, 6.07) is 4.72. The quantitative estimate of drug-likeness (QED) is 0.915. The number of hydrogen-bond donors (Lipinski definition) is 1. The second kappa shape index (κ2) is 4.94. The topological polar surface area (TPSA) is 31.9 Å². The van der Waals surface area contributed by atoms with E-state index in [1.54, 1.807) is 12.1 Å². The number of hydrogen-bond acceptors (Lipinski definition) is 2. The number of rotatable bonds is 2. The van der Waals surface area contributed by atoms with Crippen LogP contribution in [0.2, 0.25) is 5.02 Å². The number of nitrogens with zero attached hydrogens (tertiary/aromatic N) is 2. The number of likely N-dealkylation sites (N-methyl/N-ethyl adjacent to an activating group) is 1. The predicted octanol–water partition coefficient (Wildman–Crippen LogP) is 3.25. The Morgan fingerprint density at radius 2 is 2.32 bits per heavy atom. The summed E-state index contributed by atoms with van der Waals surface area (Å²) in [6.45, 7) is 4.91. The van der Waals surface area contributed by atoms with E-state index < -0.39 is 0 Å². The van der Waals surface area contributed by atoms with Gasteiger partial charge in [0.25, 0.3) is 0 Å². The van der Waals surface area contributed by atoms with Crippen LogP contribution >= 0.6 is 11.6 Å². The Labute approximate surface area is 116 Å². The first-order valence-electron chi connectivity index (χ1n) is 6.43. The molecule has 0 saturated carbocycles. The molecule has 2 aromatic rings. The molecular formula is C14H15ClFN3. The van der Waals surface area contributed by atoms with Crippen molar-refractivity contribution in [1.82, 2.24) is 15.1 Å². The van der Waals surface area contributed by atoms with Crippen molar-refractivity contribution in [3.05, 3.63) is 40.3 Å². The molecular weight excluding hydrogens is 265 g/mol. The number of fused-ring (bicyclic) bond motifs is 1. The second-order valence-corrected chi connectivity index (χ2v) is 5.15. The van der Waals surface area contributed by atoms with Crippen molar-refractivity contribution >= 4 is 11.6 Å². The summed E-state index contributed by atoms with van der Waals surface area (Å²) < 4.78 is 14.0. The predicted molar refractivity (Wildman–Crippen MR) is 73.6 cm³/mol. The molecule has 0 fully saturated rings. The summed E-state index contributed by atoms with van der Waals surface area (Å²) in [6.07, 6.45) is 0.919. The fourth-order valence-electron chi connectivity index (χ4n) is 2.55. The van der Waals surface area contributed by atoms with Crippen LogP contribution < -0.4 is 0 Å². The Hall–Kier alpha value is -1.39. The standard InChI is InChI=1S/C14H15ClFN3/c1-2-19-7-6-12-9(8-19)14(18-17-12)13-10(15)4-3-5-11(13)16/h3-5H,2,6-8H2,1H3,(H,17,18). The van der Waals surface area contributed by atoms with Gasteiger partial charge in [0.15, 0.2) is 0 Å². The summed E-state index contributed by atoms with van der Waals surface area (Å²) in [5.74, 6) is -0.324. The molecule has 19 heavy (non-hydrogen) atoms. The zero-order valence-electron chi connectivity index (χ0n) is 10.7. The van der Waals surface area contributed by atoms with Crippen molar-refractivity contribution in [3.8, 4) is 11.3 Å². The van der Waals surface area contributed by atoms with Crippen LogP contribution in [-0.4, -0.2) is 28.2 Å². The first-order chi connectivity index (χ1) is 9.20. The molecule has 2 heterocycles. The molecule has 1 aliphatic rings. The molecule has 3 nitrogen and oxygen atoms in total. The lowest BCUT2D eigenvalue weighted by Crippen LogP contribution is -2.30. The van der Waals surface area contributed by atoms with Gasteiger partial charge in [0.2, 0.25) is 0 Å². The SMILES string of the molecule is CCN1CCc2[nH]nc(-c3c(F)cccc3Cl)c2C1. The van der Waals surface area contributed by atoms with Crippen molar-refractivity contribution in [2.75, 3.05) is 13.1 Å². The number of benzene rings is 1. The fourth-order valence-corrected chi connectivity index (χ4v) is 2.80.